The van der Waals surface area contributed by atoms with E-state index in [4.69, 9.17) is 4.74 Å². The highest BCUT2D eigenvalue weighted by Crippen LogP contribution is 2.38. The van der Waals surface area contributed by atoms with Crippen LogP contribution in [0.25, 0.3) is 0 Å². The van der Waals surface area contributed by atoms with E-state index in [2.05, 4.69) is 41.3 Å². The third kappa shape index (κ3) is 2.51. The second kappa shape index (κ2) is 5.36. The molecule has 1 aromatic rings. The molecule has 2 aliphatic heterocycles. The number of hydrogen-bond donors (Lipinski definition) is 1. The van der Waals surface area contributed by atoms with Crippen LogP contribution < -0.4 is 5.32 Å². The number of hydrogen-bond acceptors (Lipinski definition) is 3. The molecule has 2 unspecified atom stereocenters. The van der Waals surface area contributed by atoms with Gasteiger partial charge < -0.3 is 10.1 Å². The molecule has 1 aromatic carbocycles. The van der Waals surface area contributed by atoms with Crippen molar-refractivity contribution < 1.29 is 4.74 Å². The predicted molar refractivity (Wildman–Crippen MR) is 84.4 cm³/mol. The maximum absolute atomic E-state index is 6.12. The summed E-state index contributed by atoms with van der Waals surface area (Å²) in [6, 6.07) is 10.2. The van der Waals surface area contributed by atoms with Gasteiger partial charge in [0.15, 0.2) is 0 Å². The highest BCUT2D eigenvalue weighted by Gasteiger charge is 2.41. The van der Waals surface area contributed by atoms with Crippen molar-refractivity contribution >= 4 is 11.8 Å². The molecular weight excluding hydrogens is 266 g/mol. The average molecular weight is 289 g/mol. The molecule has 1 aliphatic carbocycles. The summed E-state index contributed by atoms with van der Waals surface area (Å²) in [5.41, 5.74) is 3.29. The van der Waals surface area contributed by atoms with E-state index >= 15 is 0 Å². The fraction of sp³-hybridized carbons (Fsp3) is 0.647. The second-order valence-electron chi connectivity index (χ2n) is 6.56. The number of rotatable bonds is 2. The van der Waals surface area contributed by atoms with Crippen molar-refractivity contribution in [3.63, 3.8) is 0 Å². The molecule has 2 heterocycles. The summed E-state index contributed by atoms with van der Waals surface area (Å²) >= 11 is 2.06. The van der Waals surface area contributed by atoms with E-state index in [9.17, 15) is 0 Å². The van der Waals surface area contributed by atoms with Gasteiger partial charge in [0.05, 0.1) is 5.60 Å². The third-order valence-corrected chi connectivity index (χ3v) is 6.31. The normalized spacial score (nSPS) is 33.7. The van der Waals surface area contributed by atoms with Gasteiger partial charge in [0.1, 0.15) is 0 Å². The zero-order valence-corrected chi connectivity index (χ0v) is 12.8. The molecule has 2 fully saturated rings. The average Bonchev–Trinajstić information content (AvgIpc) is 3.05. The summed E-state index contributed by atoms with van der Waals surface area (Å²) in [6.07, 6.45) is 6.05. The van der Waals surface area contributed by atoms with Crippen LogP contribution in [-0.4, -0.2) is 35.8 Å². The van der Waals surface area contributed by atoms with E-state index in [1.807, 2.05) is 0 Å². The van der Waals surface area contributed by atoms with Crippen LogP contribution in [0.5, 0.6) is 0 Å². The van der Waals surface area contributed by atoms with Crippen molar-refractivity contribution in [2.45, 2.75) is 49.8 Å². The lowest BCUT2D eigenvalue weighted by Crippen LogP contribution is -2.50. The Kier molecular flexibility index (Phi) is 3.53. The Balaban J connectivity index is 1.38. The molecule has 1 spiro atoms. The minimum Gasteiger partial charge on any atom is -0.374 e. The molecule has 2 atom stereocenters. The van der Waals surface area contributed by atoms with Crippen molar-refractivity contribution in [3.05, 3.63) is 35.4 Å². The zero-order chi connectivity index (χ0) is 13.4. The summed E-state index contributed by atoms with van der Waals surface area (Å²) in [5.74, 6) is 2.48. The maximum atomic E-state index is 6.12. The first-order valence-corrected chi connectivity index (χ1v) is 9.03. The van der Waals surface area contributed by atoms with Gasteiger partial charge in [-0.05, 0) is 49.0 Å². The Bertz CT molecular complexity index is 459. The monoisotopic (exact) mass is 289 g/mol. The van der Waals surface area contributed by atoms with E-state index in [-0.39, 0.29) is 5.60 Å². The van der Waals surface area contributed by atoms with Crippen molar-refractivity contribution in [3.8, 4) is 0 Å². The quantitative estimate of drug-likeness (QED) is 0.904. The summed E-state index contributed by atoms with van der Waals surface area (Å²) in [7, 11) is 0. The van der Waals surface area contributed by atoms with Gasteiger partial charge in [-0.15, -0.1) is 0 Å². The molecular formula is C17H23NOS. The van der Waals surface area contributed by atoms with Gasteiger partial charge in [0.2, 0.25) is 0 Å². The van der Waals surface area contributed by atoms with Crippen LogP contribution in [0.15, 0.2) is 24.3 Å². The van der Waals surface area contributed by atoms with Crippen LogP contribution in [0.2, 0.25) is 0 Å². The number of fused-ring (bicyclic) bond motifs is 1. The van der Waals surface area contributed by atoms with Crippen LogP contribution in [0.3, 0.4) is 0 Å². The van der Waals surface area contributed by atoms with Crippen LogP contribution in [0.1, 0.15) is 30.4 Å². The van der Waals surface area contributed by atoms with E-state index < -0.39 is 0 Å². The molecule has 3 aliphatic rings. The van der Waals surface area contributed by atoms with Crippen LogP contribution in [-0.2, 0) is 17.6 Å². The molecule has 108 valence electrons. The Labute approximate surface area is 125 Å². The molecule has 1 N–H and O–H groups in total. The largest absolute Gasteiger partial charge is 0.374 e. The Hall–Kier alpha value is -0.510. The Morgan fingerprint density at radius 1 is 1.15 bits per heavy atom. The van der Waals surface area contributed by atoms with Crippen LogP contribution >= 0.6 is 11.8 Å². The highest BCUT2D eigenvalue weighted by molar-refractivity contribution is 7.99. The number of benzene rings is 1. The number of nitrogens with one attached hydrogen (secondary N) is 1. The molecule has 0 amide bonds. The summed E-state index contributed by atoms with van der Waals surface area (Å²) < 4.78 is 6.12. The van der Waals surface area contributed by atoms with Crippen LogP contribution in [0, 0.1) is 0 Å². The molecule has 2 saturated heterocycles. The van der Waals surface area contributed by atoms with E-state index in [0.29, 0.717) is 12.1 Å². The fourth-order valence-electron chi connectivity index (χ4n) is 4.04. The number of thioether (sulfide) groups is 1. The fourth-order valence-corrected chi connectivity index (χ4v) is 5.42. The Morgan fingerprint density at radius 2 is 1.95 bits per heavy atom. The van der Waals surface area contributed by atoms with Crippen molar-refractivity contribution in [2.24, 2.45) is 0 Å². The van der Waals surface area contributed by atoms with Crippen LogP contribution in [0.4, 0.5) is 0 Å². The summed E-state index contributed by atoms with van der Waals surface area (Å²) in [6.45, 7) is 0.942. The lowest BCUT2D eigenvalue weighted by atomic mass is 9.89. The first-order chi connectivity index (χ1) is 9.83. The minimum absolute atomic E-state index is 0.200. The first-order valence-electron chi connectivity index (χ1n) is 7.88. The highest BCUT2D eigenvalue weighted by atomic mass is 32.2. The molecule has 0 radical (unpaired) electrons. The first kappa shape index (κ1) is 13.2. The summed E-state index contributed by atoms with van der Waals surface area (Å²) in [4.78, 5) is 0. The zero-order valence-electron chi connectivity index (χ0n) is 11.9. The molecule has 0 bridgehead atoms. The maximum Gasteiger partial charge on any atom is 0.0795 e. The van der Waals surface area contributed by atoms with E-state index in [1.165, 1.54) is 43.6 Å². The lowest BCUT2D eigenvalue weighted by Gasteiger charge is -2.39. The lowest BCUT2D eigenvalue weighted by molar-refractivity contribution is -0.0712. The Morgan fingerprint density at radius 3 is 2.65 bits per heavy atom. The van der Waals surface area contributed by atoms with Gasteiger partial charge in [0.25, 0.3) is 0 Å². The molecule has 20 heavy (non-hydrogen) atoms. The van der Waals surface area contributed by atoms with Crippen molar-refractivity contribution in [1.29, 1.82) is 0 Å². The molecule has 0 saturated carbocycles. The predicted octanol–water partition coefficient (Wildman–Crippen LogP) is 2.80. The summed E-state index contributed by atoms with van der Waals surface area (Å²) in [5, 5.41) is 3.93. The van der Waals surface area contributed by atoms with Gasteiger partial charge in [-0.2, -0.15) is 11.8 Å². The SMILES string of the molecule is c1ccc2c(c1)CC(NC1CCOC3(CCSC3)C1)C2. The molecule has 2 nitrogen and oxygen atoms in total. The standard InChI is InChI=1S/C17H23NOS/c1-2-4-14-10-16(9-13(14)3-1)18-15-5-7-19-17(11-15)6-8-20-12-17/h1-4,15-16,18H,5-12H2. The smallest absolute Gasteiger partial charge is 0.0795 e. The van der Waals surface area contributed by atoms with Gasteiger partial charge in [-0.3, -0.25) is 0 Å². The molecule has 4 rings (SSSR count). The van der Waals surface area contributed by atoms with Gasteiger partial charge >= 0.3 is 0 Å². The molecule has 0 aromatic heterocycles. The second-order valence-corrected chi connectivity index (χ2v) is 7.67. The minimum atomic E-state index is 0.200. The van der Waals surface area contributed by atoms with Crippen molar-refractivity contribution in [1.82, 2.24) is 5.32 Å². The number of ether oxygens (including phenoxy) is 1. The van der Waals surface area contributed by atoms with E-state index in [1.54, 1.807) is 11.1 Å². The van der Waals surface area contributed by atoms with E-state index in [0.717, 1.165) is 6.61 Å². The molecule has 3 heteroatoms. The van der Waals surface area contributed by atoms with Gasteiger partial charge in [0, 0.05) is 24.4 Å². The third-order valence-electron chi connectivity index (χ3n) is 5.08. The topological polar surface area (TPSA) is 21.3 Å². The van der Waals surface area contributed by atoms with Crippen molar-refractivity contribution in [2.75, 3.05) is 18.1 Å². The van der Waals surface area contributed by atoms with Gasteiger partial charge in [-0.1, -0.05) is 24.3 Å². The van der Waals surface area contributed by atoms with Gasteiger partial charge in [-0.25, -0.2) is 0 Å².